The maximum atomic E-state index is 12.2. The summed E-state index contributed by atoms with van der Waals surface area (Å²) in [6.07, 6.45) is 4.16. The number of nitrogens with one attached hydrogen (secondary N) is 1. The first-order valence-corrected chi connectivity index (χ1v) is 9.01. The molecule has 0 atom stereocenters. The van der Waals surface area contributed by atoms with Gasteiger partial charge in [-0.1, -0.05) is 11.6 Å². The van der Waals surface area contributed by atoms with Crippen LogP contribution in [-0.4, -0.2) is 12.5 Å². The number of anilines is 1. The van der Waals surface area contributed by atoms with Crippen molar-refractivity contribution < 1.29 is 9.53 Å². The van der Waals surface area contributed by atoms with Gasteiger partial charge in [-0.15, -0.1) is 11.3 Å². The first kappa shape index (κ1) is 16.8. The minimum atomic E-state index is -0.266. The summed E-state index contributed by atoms with van der Waals surface area (Å²) in [4.78, 5) is 13.4. The second-order valence-corrected chi connectivity index (χ2v) is 7.29. The molecule has 124 valence electrons. The van der Waals surface area contributed by atoms with E-state index in [0.29, 0.717) is 21.3 Å². The third kappa shape index (κ3) is 3.55. The third-order valence-electron chi connectivity index (χ3n) is 4.04. The highest BCUT2D eigenvalue weighted by Crippen LogP contribution is 2.37. The molecular weight excluding hydrogens is 344 g/mol. The number of thiophene rings is 1. The molecule has 1 aromatic heterocycles. The van der Waals surface area contributed by atoms with Gasteiger partial charge in [0, 0.05) is 9.90 Å². The molecule has 24 heavy (non-hydrogen) atoms. The van der Waals surface area contributed by atoms with E-state index in [1.54, 1.807) is 18.2 Å². The number of halogens is 1. The van der Waals surface area contributed by atoms with Crippen LogP contribution in [0.4, 0.5) is 5.00 Å². The molecule has 1 aromatic carbocycles. The highest BCUT2D eigenvalue weighted by molar-refractivity contribution is 7.16. The Balaban J connectivity index is 1.66. The van der Waals surface area contributed by atoms with Crippen LogP contribution in [-0.2, 0) is 17.6 Å². The van der Waals surface area contributed by atoms with Crippen molar-refractivity contribution in [3.8, 4) is 11.8 Å². The lowest BCUT2D eigenvalue weighted by Gasteiger charge is -2.09. The van der Waals surface area contributed by atoms with Gasteiger partial charge in [-0.05, 0) is 61.9 Å². The zero-order valence-corrected chi connectivity index (χ0v) is 14.9. The summed E-state index contributed by atoms with van der Waals surface area (Å²) in [6.45, 7) is 1.78. The number of hydrogen-bond acceptors (Lipinski definition) is 4. The van der Waals surface area contributed by atoms with Gasteiger partial charge in [0.1, 0.15) is 16.8 Å². The number of amides is 1. The van der Waals surface area contributed by atoms with Crippen molar-refractivity contribution in [1.82, 2.24) is 0 Å². The van der Waals surface area contributed by atoms with E-state index in [-0.39, 0.29) is 12.5 Å². The molecular formula is C18H17ClN2O2S. The van der Waals surface area contributed by atoms with Gasteiger partial charge in [-0.3, -0.25) is 4.79 Å². The van der Waals surface area contributed by atoms with Crippen LogP contribution in [0.5, 0.6) is 5.75 Å². The minimum Gasteiger partial charge on any atom is -0.484 e. The van der Waals surface area contributed by atoms with E-state index in [1.165, 1.54) is 16.2 Å². The monoisotopic (exact) mass is 360 g/mol. The van der Waals surface area contributed by atoms with Gasteiger partial charge in [0.15, 0.2) is 6.61 Å². The number of rotatable bonds is 4. The molecule has 1 heterocycles. The Morgan fingerprint density at radius 2 is 2.21 bits per heavy atom. The molecule has 0 bridgehead atoms. The van der Waals surface area contributed by atoms with Gasteiger partial charge in [0.2, 0.25) is 0 Å². The average Bonchev–Trinajstić information content (AvgIpc) is 2.92. The van der Waals surface area contributed by atoms with Gasteiger partial charge in [-0.2, -0.15) is 5.26 Å². The number of aryl methyl sites for hydroxylation is 2. The van der Waals surface area contributed by atoms with E-state index in [4.69, 9.17) is 16.3 Å². The predicted octanol–water partition coefficient (Wildman–Crippen LogP) is 4.48. The lowest BCUT2D eigenvalue weighted by Crippen LogP contribution is -2.20. The Bertz CT molecular complexity index is 823. The molecule has 2 aromatic rings. The number of benzene rings is 1. The summed E-state index contributed by atoms with van der Waals surface area (Å²) in [5.74, 6) is 0.329. The van der Waals surface area contributed by atoms with Crippen LogP contribution in [0.2, 0.25) is 5.02 Å². The van der Waals surface area contributed by atoms with Crippen LogP contribution in [0.3, 0.4) is 0 Å². The van der Waals surface area contributed by atoms with Crippen LogP contribution in [0, 0.1) is 18.3 Å². The normalized spacial score (nSPS) is 13.0. The zero-order chi connectivity index (χ0) is 17.1. The number of ether oxygens (including phenoxy) is 1. The molecule has 0 unspecified atom stereocenters. The van der Waals surface area contributed by atoms with Gasteiger partial charge in [-0.25, -0.2) is 0 Å². The Hall–Kier alpha value is -2.03. The SMILES string of the molecule is Cc1cc(OCC(=O)Nc2sc3c(c2C#N)CCCC3)ccc1Cl. The van der Waals surface area contributed by atoms with Crippen molar-refractivity contribution in [1.29, 1.82) is 5.26 Å². The molecule has 0 saturated carbocycles. The van der Waals surface area contributed by atoms with E-state index in [2.05, 4.69) is 11.4 Å². The van der Waals surface area contributed by atoms with Crippen molar-refractivity contribution >= 4 is 33.8 Å². The van der Waals surface area contributed by atoms with Crippen LogP contribution in [0.1, 0.15) is 34.4 Å². The second kappa shape index (κ2) is 7.25. The molecule has 0 radical (unpaired) electrons. The summed E-state index contributed by atoms with van der Waals surface area (Å²) >= 11 is 7.48. The molecule has 0 aliphatic heterocycles. The number of nitrogens with zero attached hydrogens (tertiary/aromatic N) is 1. The largest absolute Gasteiger partial charge is 0.484 e. The predicted molar refractivity (Wildman–Crippen MR) is 96.0 cm³/mol. The van der Waals surface area contributed by atoms with E-state index in [1.807, 2.05) is 6.92 Å². The summed E-state index contributed by atoms with van der Waals surface area (Å²) < 4.78 is 5.50. The lowest BCUT2D eigenvalue weighted by atomic mass is 9.96. The van der Waals surface area contributed by atoms with E-state index >= 15 is 0 Å². The average molecular weight is 361 g/mol. The van der Waals surface area contributed by atoms with E-state index in [0.717, 1.165) is 36.8 Å². The van der Waals surface area contributed by atoms with E-state index < -0.39 is 0 Å². The topological polar surface area (TPSA) is 62.1 Å². The first-order chi connectivity index (χ1) is 11.6. The molecule has 1 N–H and O–H groups in total. The Kier molecular flexibility index (Phi) is 5.08. The number of carbonyl (C=O) groups excluding carboxylic acids is 1. The van der Waals surface area contributed by atoms with Crippen molar-refractivity contribution in [2.75, 3.05) is 11.9 Å². The fourth-order valence-electron chi connectivity index (χ4n) is 2.79. The molecule has 0 fully saturated rings. The summed E-state index contributed by atoms with van der Waals surface area (Å²) in [7, 11) is 0. The number of nitriles is 1. The third-order valence-corrected chi connectivity index (χ3v) is 5.67. The van der Waals surface area contributed by atoms with Crippen molar-refractivity contribution in [2.24, 2.45) is 0 Å². The molecule has 0 spiro atoms. The quantitative estimate of drug-likeness (QED) is 0.874. The maximum absolute atomic E-state index is 12.2. The van der Waals surface area contributed by atoms with Gasteiger partial charge in [0.05, 0.1) is 5.56 Å². The highest BCUT2D eigenvalue weighted by atomic mass is 35.5. The van der Waals surface area contributed by atoms with E-state index in [9.17, 15) is 10.1 Å². The number of fused-ring (bicyclic) bond motifs is 1. The van der Waals surface area contributed by atoms with Gasteiger partial charge in [0.25, 0.3) is 5.91 Å². The molecule has 1 aliphatic rings. The first-order valence-electron chi connectivity index (χ1n) is 7.82. The van der Waals surface area contributed by atoms with Crippen LogP contribution < -0.4 is 10.1 Å². The summed E-state index contributed by atoms with van der Waals surface area (Å²) in [5, 5.41) is 13.5. The molecule has 1 amide bonds. The fourth-order valence-corrected chi connectivity index (χ4v) is 4.16. The Labute approximate surface area is 150 Å². The highest BCUT2D eigenvalue weighted by Gasteiger charge is 2.21. The molecule has 3 rings (SSSR count). The van der Waals surface area contributed by atoms with Crippen molar-refractivity contribution in [2.45, 2.75) is 32.6 Å². The zero-order valence-electron chi connectivity index (χ0n) is 13.3. The Morgan fingerprint density at radius 1 is 1.42 bits per heavy atom. The smallest absolute Gasteiger partial charge is 0.262 e. The van der Waals surface area contributed by atoms with Crippen molar-refractivity contribution in [3.63, 3.8) is 0 Å². The van der Waals surface area contributed by atoms with Crippen LogP contribution in [0.25, 0.3) is 0 Å². The molecule has 4 nitrogen and oxygen atoms in total. The standard InChI is InChI=1S/C18H17ClN2O2S/c1-11-8-12(6-7-15(11)19)23-10-17(22)21-18-14(9-20)13-4-2-3-5-16(13)24-18/h6-8H,2-5,10H2,1H3,(H,21,22). The maximum Gasteiger partial charge on any atom is 0.262 e. The second-order valence-electron chi connectivity index (χ2n) is 5.77. The molecule has 0 saturated heterocycles. The number of hydrogen-bond donors (Lipinski definition) is 1. The number of carbonyl (C=O) groups is 1. The Morgan fingerprint density at radius 3 is 2.96 bits per heavy atom. The molecule has 1 aliphatic carbocycles. The molecule has 6 heteroatoms. The van der Waals surface area contributed by atoms with Gasteiger partial charge < -0.3 is 10.1 Å². The lowest BCUT2D eigenvalue weighted by molar-refractivity contribution is -0.118. The van der Waals surface area contributed by atoms with Crippen molar-refractivity contribution in [3.05, 3.63) is 44.8 Å². The summed E-state index contributed by atoms with van der Waals surface area (Å²) in [6, 6.07) is 7.50. The van der Waals surface area contributed by atoms with Gasteiger partial charge >= 0.3 is 0 Å². The summed E-state index contributed by atoms with van der Waals surface area (Å²) in [5.41, 5.74) is 2.62. The fraction of sp³-hybridized carbons (Fsp3) is 0.333. The van der Waals surface area contributed by atoms with Crippen LogP contribution in [0.15, 0.2) is 18.2 Å². The van der Waals surface area contributed by atoms with Crippen LogP contribution >= 0.6 is 22.9 Å². The minimum absolute atomic E-state index is 0.103.